The summed E-state index contributed by atoms with van der Waals surface area (Å²) in [6.07, 6.45) is 0. The number of nitrogens with zero attached hydrogens (tertiary/aromatic N) is 3. The van der Waals surface area contributed by atoms with Crippen LogP contribution in [0.15, 0.2) is 29.1 Å². The molecule has 0 atom stereocenters. The Morgan fingerprint density at radius 3 is 2.63 bits per heavy atom. The molecular formula is C14H16N4O. The van der Waals surface area contributed by atoms with Crippen molar-refractivity contribution >= 4 is 21.8 Å². The van der Waals surface area contributed by atoms with Gasteiger partial charge in [0.05, 0.1) is 5.69 Å². The second-order valence-corrected chi connectivity index (χ2v) is 5.03. The number of hydrogen-bond donors (Lipinski definition) is 1. The van der Waals surface area contributed by atoms with Gasteiger partial charge in [-0.05, 0) is 20.2 Å². The lowest BCUT2D eigenvalue weighted by Crippen LogP contribution is -2.11. The minimum atomic E-state index is -0.0671. The van der Waals surface area contributed by atoms with E-state index in [9.17, 15) is 4.79 Å². The first kappa shape index (κ1) is 11.9. The fourth-order valence-electron chi connectivity index (χ4n) is 2.49. The van der Waals surface area contributed by atoms with E-state index < -0.39 is 0 Å². The van der Waals surface area contributed by atoms with Crippen molar-refractivity contribution in [3.63, 3.8) is 0 Å². The fraction of sp³-hybridized carbons (Fsp3) is 0.286. The van der Waals surface area contributed by atoms with Crippen molar-refractivity contribution < 1.29 is 0 Å². The maximum absolute atomic E-state index is 12.1. The molecule has 0 aliphatic rings. The minimum absolute atomic E-state index is 0.0671. The van der Waals surface area contributed by atoms with Crippen molar-refractivity contribution in [1.82, 2.24) is 19.7 Å². The van der Waals surface area contributed by atoms with E-state index in [4.69, 9.17) is 0 Å². The zero-order valence-electron chi connectivity index (χ0n) is 11.3. The topological polar surface area (TPSA) is 53.9 Å². The van der Waals surface area contributed by atoms with Gasteiger partial charge in [-0.3, -0.25) is 9.48 Å². The summed E-state index contributed by atoms with van der Waals surface area (Å²) >= 11 is 0. The zero-order chi connectivity index (χ0) is 13.6. The molecule has 3 rings (SSSR count). The van der Waals surface area contributed by atoms with E-state index in [1.54, 1.807) is 4.68 Å². The van der Waals surface area contributed by atoms with Gasteiger partial charge in [-0.15, -0.1) is 0 Å². The van der Waals surface area contributed by atoms with Crippen molar-refractivity contribution in [2.24, 2.45) is 7.05 Å². The van der Waals surface area contributed by atoms with Gasteiger partial charge < -0.3 is 9.88 Å². The van der Waals surface area contributed by atoms with E-state index in [0.717, 1.165) is 28.7 Å². The Balaban J connectivity index is 2.48. The van der Waals surface area contributed by atoms with Crippen molar-refractivity contribution in [1.29, 1.82) is 0 Å². The number of nitrogens with one attached hydrogen (secondary N) is 1. The molecule has 0 bridgehead atoms. The molecule has 0 unspecified atom stereocenters. The standard InChI is InChI=1S/C14H16N4O/c1-17(2)8-11-12-9-6-4-5-7-10(9)14(19)15-13(12)18(3)16-11/h4-7H,8H2,1-3H3,(H,15,19). The van der Waals surface area contributed by atoms with Crippen LogP contribution in [-0.4, -0.2) is 33.8 Å². The summed E-state index contributed by atoms with van der Waals surface area (Å²) in [6.45, 7) is 0.743. The van der Waals surface area contributed by atoms with Gasteiger partial charge in [-0.25, -0.2) is 0 Å². The summed E-state index contributed by atoms with van der Waals surface area (Å²) in [5.74, 6) is 0. The first-order valence-corrected chi connectivity index (χ1v) is 6.19. The molecule has 3 aromatic rings. The number of pyridine rings is 1. The van der Waals surface area contributed by atoms with Gasteiger partial charge >= 0.3 is 0 Å². The molecule has 0 fully saturated rings. The minimum Gasteiger partial charge on any atom is -0.306 e. The summed E-state index contributed by atoms with van der Waals surface area (Å²) in [6, 6.07) is 7.66. The number of benzene rings is 1. The molecule has 2 aromatic heterocycles. The SMILES string of the molecule is CN(C)Cc1nn(C)c2[nH]c(=O)c3ccccc3c12. The number of fused-ring (bicyclic) bond motifs is 3. The van der Waals surface area contributed by atoms with Crippen LogP contribution < -0.4 is 5.56 Å². The van der Waals surface area contributed by atoms with Crippen LogP contribution in [0.3, 0.4) is 0 Å². The van der Waals surface area contributed by atoms with E-state index >= 15 is 0 Å². The Bertz CT molecular complexity index is 813. The van der Waals surface area contributed by atoms with Crippen molar-refractivity contribution in [2.45, 2.75) is 6.54 Å². The van der Waals surface area contributed by atoms with Crippen molar-refractivity contribution in [2.75, 3.05) is 14.1 Å². The van der Waals surface area contributed by atoms with Gasteiger partial charge in [0.25, 0.3) is 5.56 Å². The second-order valence-electron chi connectivity index (χ2n) is 5.03. The van der Waals surface area contributed by atoms with E-state index in [-0.39, 0.29) is 5.56 Å². The molecule has 19 heavy (non-hydrogen) atoms. The molecule has 1 N–H and O–H groups in total. The van der Waals surface area contributed by atoms with Gasteiger partial charge in [0, 0.05) is 29.8 Å². The van der Waals surface area contributed by atoms with Gasteiger partial charge in [0.1, 0.15) is 5.65 Å². The van der Waals surface area contributed by atoms with Crippen LogP contribution >= 0.6 is 0 Å². The molecule has 0 spiro atoms. The van der Waals surface area contributed by atoms with Crippen LogP contribution in [0.2, 0.25) is 0 Å². The predicted molar refractivity (Wildman–Crippen MR) is 76.2 cm³/mol. The number of aromatic nitrogens is 3. The third-order valence-corrected chi connectivity index (χ3v) is 3.26. The largest absolute Gasteiger partial charge is 0.306 e. The number of H-pyrrole nitrogens is 1. The normalized spacial score (nSPS) is 11.8. The average Bonchev–Trinajstić information content (AvgIpc) is 2.66. The lowest BCUT2D eigenvalue weighted by atomic mass is 10.1. The average molecular weight is 256 g/mol. The highest BCUT2D eigenvalue weighted by atomic mass is 16.1. The lowest BCUT2D eigenvalue weighted by Gasteiger charge is -2.07. The molecule has 5 heteroatoms. The molecule has 0 saturated carbocycles. The van der Waals surface area contributed by atoms with Gasteiger partial charge in [0.2, 0.25) is 0 Å². The molecule has 0 aliphatic carbocycles. The molecule has 5 nitrogen and oxygen atoms in total. The number of hydrogen-bond acceptors (Lipinski definition) is 3. The van der Waals surface area contributed by atoms with E-state index in [1.807, 2.05) is 45.4 Å². The number of aryl methyl sites for hydroxylation is 1. The highest BCUT2D eigenvalue weighted by molar-refractivity contribution is 6.05. The van der Waals surface area contributed by atoms with Crippen LogP contribution in [0.4, 0.5) is 0 Å². The summed E-state index contributed by atoms with van der Waals surface area (Å²) in [7, 11) is 5.87. The molecular weight excluding hydrogens is 240 g/mol. The predicted octanol–water partition coefficient (Wildman–Crippen LogP) is 1.48. The Morgan fingerprint density at radius 1 is 1.26 bits per heavy atom. The highest BCUT2D eigenvalue weighted by Gasteiger charge is 2.14. The van der Waals surface area contributed by atoms with Gasteiger partial charge in [-0.1, -0.05) is 18.2 Å². The van der Waals surface area contributed by atoms with E-state index in [1.165, 1.54) is 0 Å². The zero-order valence-corrected chi connectivity index (χ0v) is 11.3. The second kappa shape index (κ2) is 4.20. The van der Waals surface area contributed by atoms with Crippen LogP contribution in [-0.2, 0) is 13.6 Å². The molecule has 0 radical (unpaired) electrons. The first-order chi connectivity index (χ1) is 9.08. The summed E-state index contributed by atoms with van der Waals surface area (Å²) in [5, 5.41) is 7.23. The maximum atomic E-state index is 12.1. The summed E-state index contributed by atoms with van der Waals surface area (Å²) < 4.78 is 1.74. The third kappa shape index (κ3) is 1.82. The summed E-state index contributed by atoms with van der Waals surface area (Å²) in [5.41, 5.74) is 1.69. The van der Waals surface area contributed by atoms with Crippen LogP contribution in [0.25, 0.3) is 21.8 Å². The summed E-state index contributed by atoms with van der Waals surface area (Å²) in [4.78, 5) is 17.1. The van der Waals surface area contributed by atoms with Crippen molar-refractivity contribution in [3.05, 3.63) is 40.3 Å². The van der Waals surface area contributed by atoms with Crippen LogP contribution in [0.5, 0.6) is 0 Å². The highest BCUT2D eigenvalue weighted by Crippen LogP contribution is 2.24. The number of aromatic amines is 1. The fourth-order valence-corrected chi connectivity index (χ4v) is 2.49. The Kier molecular flexibility index (Phi) is 2.64. The Morgan fingerprint density at radius 2 is 1.95 bits per heavy atom. The van der Waals surface area contributed by atoms with E-state index in [2.05, 4.69) is 15.0 Å². The lowest BCUT2D eigenvalue weighted by molar-refractivity contribution is 0.396. The molecule has 1 aromatic carbocycles. The maximum Gasteiger partial charge on any atom is 0.257 e. The molecule has 98 valence electrons. The molecule has 0 amide bonds. The monoisotopic (exact) mass is 256 g/mol. The van der Waals surface area contributed by atoms with Crippen LogP contribution in [0, 0.1) is 0 Å². The smallest absolute Gasteiger partial charge is 0.257 e. The molecule has 0 aliphatic heterocycles. The third-order valence-electron chi connectivity index (χ3n) is 3.26. The van der Waals surface area contributed by atoms with Crippen molar-refractivity contribution in [3.8, 4) is 0 Å². The van der Waals surface area contributed by atoms with E-state index in [0.29, 0.717) is 5.39 Å². The Hall–Kier alpha value is -2.14. The molecule has 0 saturated heterocycles. The quantitative estimate of drug-likeness (QED) is 0.755. The van der Waals surface area contributed by atoms with Crippen LogP contribution in [0.1, 0.15) is 5.69 Å². The van der Waals surface area contributed by atoms with Gasteiger partial charge in [0.15, 0.2) is 0 Å². The van der Waals surface area contributed by atoms with Gasteiger partial charge in [-0.2, -0.15) is 5.10 Å². The molecule has 2 heterocycles. The Labute approximate surface area is 110 Å². The first-order valence-electron chi connectivity index (χ1n) is 6.19. The number of rotatable bonds is 2.